The van der Waals surface area contributed by atoms with E-state index < -0.39 is 0 Å². The van der Waals surface area contributed by atoms with Gasteiger partial charge in [-0.3, -0.25) is 0 Å². The summed E-state index contributed by atoms with van der Waals surface area (Å²) in [5.41, 5.74) is 3.87. The first-order valence-electron chi connectivity index (χ1n) is 6.19. The first-order valence-corrected chi connectivity index (χ1v) is 7.87. The zero-order chi connectivity index (χ0) is 13.8. The zero-order valence-corrected chi connectivity index (χ0v) is 13.3. The number of nitrogens with zero attached hydrogens (tertiary/aromatic N) is 1. The number of likely N-dealkylation sites (N-methyl/N-ethyl adjacent to an activating group) is 1. The van der Waals surface area contributed by atoms with Crippen LogP contribution in [0.3, 0.4) is 0 Å². The number of aryl methyl sites for hydroxylation is 1. The summed E-state index contributed by atoms with van der Waals surface area (Å²) >= 11 is 4.97. The third-order valence-electron chi connectivity index (χ3n) is 3.01. The van der Waals surface area contributed by atoms with Crippen LogP contribution in [0, 0.1) is 12.7 Å². The molecule has 1 atom stereocenters. The van der Waals surface area contributed by atoms with Crippen molar-refractivity contribution >= 4 is 27.3 Å². The Morgan fingerprint density at radius 2 is 2.26 bits per heavy atom. The summed E-state index contributed by atoms with van der Waals surface area (Å²) in [5.74, 6) is -0.214. The molecule has 102 valence electrons. The molecule has 0 aliphatic carbocycles. The number of hydrogen-bond donors (Lipinski definition) is 1. The van der Waals surface area contributed by atoms with Gasteiger partial charge in [-0.1, -0.05) is 19.1 Å². The molecule has 0 saturated carbocycles. The smallest absolute Gasteiger partial charge is 0.137 e. The number of hydrogen-bond acceptors (Lipinski definition) is 3. The summed E-state index contributed by atoms with van der Waals surface area (Å²) in [6.07, 6.45) is 0.745. The summed E-state index contributed by atoms with van der Waals surface area (Å²) in [4.78, 5) is 5.51. The zero-order valence-electron chi connectivity index (χ0n) is 10.9. The van der Waals surface area contributed by atoms with Crippen LogP contribution in [0.4, 0.5) is 4.39 Å². The molecule has 0 saturated heterocycles. The van der Waals surface area contributed by atoms with Crippen molar-refractivity contribution < 1.29 is 4.39 Å². The Bertz CT molecular complexity index is 556. The predicted octanol–water partition coefficient (Wildman–Crippen LogP) is 4.25. The fourth-order valence-electron chi connectivity index (χ4n) is 2.08. The number of benzene rings is 1. The normalized spacial score (nSPS) is 12.6. The Balaban J connectivity index is 2.27. The SMILES string of the molecule is CCNC(Cc1cccc(F)c1Br)c1scnc1C. The van der Waals surface area contributed by atoms with E-state index in [0.29, 0.717) is 4.47 Å². The molecular weight excluding hydrogens is 327 g/mol. The quantitative estimate of drug-likeness (QED) is 0.878. The lowest BCUT2D eigenvalue weighted by molar-refractivity contribution is 0.549. The molecule has 0 bridgehead atoms. The van der Waals surface area contributed by atoms with Crippen molar-refractivity contribution in [3.05, 3.63) is 50.1 Å². The maximum Gasteiger partial charge on any atom is 0.137 e. The van der Waals surface area contributed by atoms with E-state index in [1.807, 2.05) is 18.5 Å². The molecule has 2 aromatic rings. The molecule has 1 aromatic heterocycles. The van der Waals surface area contributed by atoms with Gasteiger partial charge >= 0.3 is 0 Å². The van der Waals surface area contributed by atoms with E-state index in [0.717, 1.165) is 24.2 Å². The number of aromatic nitrogens is 1. The highest BCUT2D eigenvalue weighted by molar-refractivity contribution is 9.10. The molecule has 0 radical (unpaired) electrons. The molecule has 0 aliphatic rings. The number of thiazole rings is 1. The molecule has 1 aromatic carbocycles. The minimum Gasteiger partial charge on any atom is -0.309 e. The molecule has 1 heterocycles. The van der Waals surface area contributed by atoms with Crippen LogP contribution in [0.2, 0.25) is 0 Å². The first-order chi connectivity index (χ1) is 9.13. The highest BCUT2D eigenvalue weighted by atomic mass is 79.9. The standard InChI is InChI=1S/C14H16BrFN2S/c1-3-17-12(14-9(2)18-8-19-14)7-10-5-4-6-11(16)13(10)15/h4-6,8,12,17H,3,7H2,1-2H3. The monoisotopic (exact) mass is 342 g/mol. The second-order valence-electron chi connectivity index (χ2n) is 4.33. The summed E-state index contributed by atoms with van der Waals surface area (Å²) in [7, 11) is 0. The van der Waals surface area contributed by atoms with Gasteiger partial charge in [0.15, 0.2) is 0 Å². The molecule has 0 aliphatic heterocycles. The predicted molar refractivity (Wildman–Crippen MR) is 81.1 cm³/mol. The first kappa shape index (κ1) is 14.6. The summed E-state index contributed by atoms with van der Waals surface area (Å²) < 4.78 is 14.1. The Morgan fingerprint density at radius 3 is 2.89 bits per heavy atom. The highest BCUT2D eigenvalue weighted by Crippen LogP contribution is 2.29. The second kappa shape index (κ2) is 6.59. The van der Waals surface area contributed by atoms with Gasteiger partial charge in [0.1, 0.15) is 5.82 Å². The van der Waals surface area contributed by atoms with Gasteiger partial charge < -0.3 is 5.32 Å². The van der Waals surface area contributed by atoms with Gasteiger partial charge in [0.25, 0.3) is 0 Å². The molecule has 0 amide bonds. The lowest BCUT2D eigenvalue weighted by Gasteiger charge is -2.18. The average molecular weight is 343 g/mol. The van der Waals surface area contributed by atoms with E-state index in [1.54, 1.807) is 17.4 Å². The maximum absolute atomic E-state index is 13.6. The summed E-state index contributed by atoms with van der Waals surface area (Å²) in [6, 6.07) is 5.34. The van der Waals surface area contributed by atoms with Gasteiger partial charge in [-0.05, 0) is 47.4 Å². The highest BCUT2D eigenvalue weighted by Gasteiger charge is 2.17. The molecule has 2 nitrogen and oxygen atoms in total. The van der Waals surface area contributed by atoms with Crippen LogP contribution >= 0.6 is 27.3 Å². The van der Waals surface area contributed by atoms with E-state index in [9.17, 15) is 4.39 Å². The molecule has 19 heavy (non-hydrogen) atoms. The fourth-order valence-corrected chi connectivity index (χ4v) is 3.38. The van der Waals surface area contributed by atoms with Crippen molar-refractivity contribution in [3.8, 4) is 0 Å². The Hall–Kier alpha value is -0.780. The fraction of sp³-hybridized carbons (Fsp3) is 0.357. The van der Waals surface area contributed by atoms with E-state index >= 15 is 0 Å². The van der Waals surface area contributed by atoms with E-state index in [1.165, 1.54) is 10.9 Å². The maximum atomic E-state index is 13.6. The Labute approximate surface area is 125 Å². The van der Waals surface area contributed by atoms with Crippen LogP contribution in [-0.2, 0) is 6.42 Å². The molecule has 2 rings (SSSR count). The van der Waals surface area contributed by atoms with Crippen molar-refractivity contribution in [2.45, 2.75) is 26.3 Å². The molecule has 5 heteroatoms. The minimum atomic E-state index is -0.214. The molecule has 0 spiro atoms. The van der Waals surface area contributed by atoms with Crippen molar-refractivity contribution in [2.24, 2.45) is 0 Å². The second-order valence-corrected chi connectivity index (χ2v) is 6.01. The summed E-state index contributed by atoms with van der Waals surface area (Å²) in [5, 5.41) is 3.45. The van der Waals surface area contributed by atoms with Gasteiger partial charge in [-0.2, -0.15) is 0 Å². The Kier molecular flexibility index (Phi) is 5.07. The third kappa shape index (κ3) is 3.41. The van der Waals surface area contributed by atoms with Crippen LogP contribution in [0.1, 0.15) is 29.1 Å². The molecule has 1 unspecified atom stereocenters. The minimum absolute atomic E-state index is 0.176. The van der Waals surface area contributed by atoms with Gasteiger partial charge in [-0.15, -0.1) is 11.3 Å². The number of rotatable bonds is 5. The molecule has 0 fully saturated rings. The van der Waals surface area contributed by atoms with Gasteiger partial charge in [0.2, 0.25) is 0 Å². The molecule has 1 N–H and O–H groups in total. The van der Waals surface area contributed by atoms with Crippen molar-refractivity contribution in [2.75, 3.05) is 6.54 Å². The van der Waals surface area contributed by atoms with Gasteiger partial charge in [0.05, 0.1) is 15.7 Å². The van der Waals surface area contributed by atoms with Crippen LogP contribution in [0.15, 0.2) is 28.2 Å². The van der Waals surface area contributed by atoms with Crippen molar-refractivity contribution in [1.82, 2.24) is 10.3 Å². The lowest BCUT2D eigenvalue weighted by Crippen LogP contribution is -2.23. The Morgan fingerprint density at radius 1 is 1.47 bits per heavy atom. The molecular formula is C14H16BrFN2S. The number of nitrogens with one attached hydrogen (secondary N) is 1. The average Bonchev–Trinajstić information content (AvgIpc) is 2.80. The third-order valence-corrected chi connectivity index (χ3v) is 4.94. The van der Waals surface area contributed by atoms with Crippen LogP contribution in [0.25, 0.3) is 0 Å². The van der Waals surface area contributed by atoms with Crippen LogP contribution < -0.4 is 5.32 Å². The van der Waals surface area contributed by atoms with Crippen molar-refractivity contribution in [1.29, 1.82) is 0 Å². The van der Waals surface area contributed by atoms with E-state index in [-0.39, 0.29) is 11.9 Å². The van der Waals surface area contributed by atoms with Crippen LogP contribution in [0.5, 0.6) is 0 Å². The lowest BCUT2D eigenvalue weighted by atomic mass is 10.0. The largest absolute Gasteiger partial charge is 0.309 e. The van der Waals surface area contributed by atoms with Crippen LogP contribution in [-0.4, -0.2) is 11.5 Å². The summed E-state index contributed by atoms with van der Waals surface area (Å²) in [6.45, 7) is 4.95. The topological polar surface area (TPSA) is 24.9 Å². The van der Waals surface area contributed by atoms with Gasteiger partial charge in [0, 0.05) is 10.9 Å². The van der Waals surface area contributed by atoms with E-state index in [4.69, 9.17) is 0 Å². The van der Waals surface area contributed by atoms with E-state index in [2.05, 4.69) is 33.2 Å². The van der Waals surface area contributed by atoms with Gasteiger partial charge in [-0.25, -0.2) is 9.37 Å². The van der Waals surface area contributed by atoms with Crippen molar-refractivity contribution in [3.63, 3.8) is 0 Å². The number of halogens is 2.